The molecule has 0 aromatic carbocycles. The Labute approximate surface area is 135 Å². The summed E-state index contributed by atoms with van der Waals surface area (Å²) in [6, 6.07) is -0.607. The molecular weight excluding hydrogens is 308 g/mol. The summed E-state index contributed by atoms with van der Waals surface area (Å²) >= 11 is 0. The number of nitrogens with two attached hydrogens (primary N) is 1. The van der Waals surface area contributed by atoms with E-state index in [1.165, 1.54) is 0 Å². The van der Waals surface area contributed by atoms with Crippen molar-refractivity contribution in [3.8, 4) is 0 Å². The van der Waals surface area contributed by atoms with Crippen molar-refractivity contribution in [2.75, 3.05) is 19.8 Å². The average molecular weight is 335 g/mol. The first-order valence-electron chi connectivity index (χ1n) is 7.67. The fourth-order valence-electron chi connectivity index (χ4n) is 2.18. The molecule has 0 aromatic rings. The van der Waals surface area contributed by atoms with E-state index in [1.54, 1.807) is 0 Å². The van der Waals surface area contributed by atoms with Crippen molar-refractivity contribution in [1.82, 2.24) is 5.32 Å². The molecule has 135 valence electrons. The zero-order chi connectivity index (χ0) is 17.4. The Bertz CT molecular complexity index is 356. The first-order chi connectivity index (χ1) is 10.9. The highest BCUT2D eigenvalue weighted by atomic mass is 16.7. The van der Waals surface area contributed by atoms with Crippen LogP contribution >= 0.6 is 0 Å². The fraction of sp³-hybridized carbons (Fsp3) is 0.857. The molecule has 0 aliphatic carbocycles. The van der Waals surface area contributed by atoms with Crippen molar-refractivity contribution in [3.63, 3.8) is 0 Å². The van der Waals surface area contributed by atoms with Gasteiger partial charge in [-0.1, -0.05) is 19.8 Å². The van der Waals surface area contributed by atoms with Crippen LogP contribution in [-0.2, 0) is 14.3 Å². The third kappa shape index (κ3) is 5.96. The number of amides is 1. The molecule has 0 saturated carbocycles. The molecule has 1 saturated heterocycles. The number of rotatable bonds is 9. The van der Waals surface area contributed by atoms with Gasteiger partial charge in [-0.15, -0.1) is 0 Å². The third-order valence-electron chi connectivity index (χ3n) is 3.63. The van der Waals surface area contributed by atoms with E-state index in [0.717, 1.165) is 6.42 Å². The van der Waals surface area contributed by atoms with E-state index < -0.39 is 43.4 Å². The lowest BCUT2D eigenvalue weighted by Gasteiger charge is -2.39. The molecule has 1 rings (SSSR count). The van der Waals surface area contributed by atoms with Gasteiger partial charge in [0.1, 0.15) is 24.4 Å². The van der Waals surface area contributed by atoms with Gasteiger partial charge in [-0.2, -0.15) is 0 Å². The highest BCUT2D eigenvalue weighted by molar-refractivity contribution is 5.81. The van der Waals surface area contributed by atoms with Gasteiger partial charge in [0.25, 0.3) is 0 Å². The predicted octanol–water partition coefficient (Wildman–Crippen LogP) is -2.75. The summed E-state index contributed by atoms with van der Waals surface area (Å²) in [7, 11) is 0. The summed E-state index contributed by atoms with van der Waals surface area (Å²) in [5.41, 5.74) is 5.69. The Morgan fingerprint density at radius 1 is 1.30 bits per heavy atom. The first-order valence-corrected chi connectivity index (χ1v) is 7.67. The van der Waals surface area contributed by atoms with Gasteiger partial charge in [0, 0.05) is 6.54 Å². The van der Waals surface area contributed by atoms with Crippen molar-refractivity contribution in [1.29, 1.82) is 0 Å². The van der Waals surface area contributed by atoms with Crippen LogP contribution in [0, 0.1) is 6.92 Å². The summed E-state index contributed by atoms with van der Waals surface area (Å²) in [5, 5.41) is 40.6. The van der Waals surface area contributed by atoms with E-state index in [4.69, 9.17) is 20.3 Å². The Kier molecular flexibility index (Phi) is 8.92. The van der Waals surface area contributed by atoms with E-state index in [1.807, 2.05) is 0 Å². The van der Waals surface area contributed by atoms with Crippen molar-refractivity contribution < 1.29 is 34.7 Å². The molecule has 6 atom stereocenters. The maximum Gasteiger partial charge on any atom is 0.236 e. The molecule has 0 aromatic heterocycles. The van der Waals surface area contributed by atoms with Crippen molar-refractivity contribution in [2.45, 2.75) is 56.0 Å². The minimum absolute atomic E-state index is 0.0104. The Morgan fingerprint density at radius 3 is 2.61 bits per heavy atom. The highest BCUT2D eigenvalue weighted by Crippen LogP contribution is 2.21. The smallest absolute Gasteiger partial charge is 0.236 e. The van der Waals surface area contributed by atoms with E-state index in [9.17, 15) is 20.1 Å². The van der Waals surface area contributed by atoms with Crippen LogP contribution in [0.25, 0.3) is 0 Å². The topological polar surface area (TPSA) is 154 Å². The van der Waals surface area contributed by atoms with Gasteiger partial charge < -0.3 is 41.0 Å². The highest BCUT2D eigenvalue weighted by Gasteiger charge is 2.43. The molecule has 0 spiro atoms. The molecule has 1 amide bonds. The zero-order valence-corrected chi connectivity index (χ0v) is 13.0. The number of aliphatic hydroxyl groups is 4. The second kappa shape index (κ2) is 10.1. The number of ether oxygens (including phenoxy) is 2. The van der Waals surface area contributed by atoms with Crippen LogP contribution in [-0.4, -0.2) is 82.8 Å². The maximum absolute atomic E-state index is 11.7. The summed E-state index contributed by atoms with van der Waals surface area (Å²) in [6.45, 7) is 3.30. The Hall–Kier alpha value is -0.810. The lowest BCUT2D eigenvalue weighted by Crippen LogP contribution is -2.59. The van der Waals surface area contributed by atoms with Crippen LogP contribution in [0.4, 0.5) is 0 Å². The normalized spacial score (nSPS) is 32.5. The second-order valence-electron chi connectivity index (χ2n) is 5.46. The molecule has 1 heterocycles. The van der Waals surface area contributed by atoms with Gasteiger partial charge in [0.15, 0.2) is 6.29 Å². The molecule has 9 nitrogen and oxygen atoms in total. The average Bonchev–Trinajstić information content (AvgIpc) is 2.55. The monoisotopic (exact) mass is 335 g/mol. The SMILES string of the molecule is [CH2]CCC[C@H](N)C(=O)NCCO[C@H]1O[C@H](CO)[C@@H](O)[C@H](O)[C@@H]1O. The molecule has 1 aliphatic heterocycles. The summed E-state index contributed by atoms with van der Waals surface area (Å²) < 4.78 is 10.4. The molecule has 0 bridgehead atoms. The molecule has 23 heavy (non-hydrogen) atoms. The lowest BCUT2D eigenvalue weighted by atomic mass is 9.99. The molecule has 1 aliphatic rings. The number of carbonyl (C=O) groups is 1. The maximum atomic E-state index is 11.7. The first kappa shape index (κ1) is 20.2. The summed E-state index contributed by atoms with van der Waals surface area (Å²) in [5.74, 6) is -0.309. The van der Waals surface area contributed by atoms with Gasteiger partial charge in [0.2, 0.25) is 5.91 Å². The van der Waals surface area contributed by atoms with Gasteiger partial charge >= 0.3 is 0 Å². The second-order valence-corrected chi connectivity index (χ2v) is 5.46. The van der Waals surface area contributed by atoms with E-state index in [0.29, 0.717) is 12.8 Å². The van der Waals surface area contributed by atoms with Crippen LogP contribution in [0.15, 0.2) is 0 Å². The summed E-state index contributed by atoms with van der Waals surface area (Å²) in [6.07, 6.45) is -4.59. The van der Waals surface area contributed by atoms with Crippen molar-refractivity contribution in [3.05, 3.63) is 6.92 Å². The fourth-order valence-corrected chi connectivity index (χ4v) is 2.18. The predicted molar refractivity (Wildman–Crippen MR) is 79.9 cm³/mol. The lowest BCUT2D eigenvalue weighted by molar-refractivity contribution is -0.300. The van der Waals surface area contributed by atoms with Crippen molar-refractivity contribution in [2.24, 2.45) is 5.73 Å². The molecule has 1 radical (unpaired) electrons. The van der Waals surface area contributed by atoms with Gasteiger partial charge in [0.05, 0.1) is 19.3 Å². The van der Waals surface area contributed by atoms with Gasteiger partial charge in [-0.3, -0.25) is 4.79 Å². The summed E-state index contributed by atoms with van der Waals surface area (Å²) in [4.78, 5) is 11.7. The van der Waals surface area contributed by atoms with Crippen LogP contribution in [0.1, 0.15) is 19.3 Å². The van der Waals surface area contributed by atoms with Crippen LogP contribution < -0.4 is 11.1 Å². The molecule has 7 N–H and O–H groups in total. The Balaban J connectivity index is 2.30. The number of carbonyl (C=O) groups excluding carboxylic acids is 1. The van der Waals surface area contributed by atoms with Gasteiger partial charge in [-0.05, 0) is 6.42 Å². The minimum Gasteiger partial charge on any atom is -0.394 e. The number of hydrogen-bond donors (Lipinski definition) is 6. The number of hydrogen-bond acceptors (Lipinski definition) is 8. The molecule has 9 heteroatoms. The Morgan fingerprint density at radius 2 is 2.00 bits per heavy atom. The van der Waals surface area contributed by atoms with Crippen LogP contribution in [0.3, 0.4) is 0 Å². The number of aliphatic hydroxyl groups excluding tert-OH is 4. The largest absolute Gasteiger partial charge is 0.394 e. The molecule has 0 unspecified atom stereocenters. The standard InChI is InChI=1S/C14H27N2O7/c1-2-3-4-8(15)13(21)16-5-6-22-14-12(20)11(19)10(18)9(7-17)23-14/h8-12,14,17-20H,1-7,15H2,(H,16,21)/t8-,9+,10+,11-,12-,14-/m0/s1. The van der Waals surface area contributed by atoms with E-state index in [-0.39, 0.29) is 19.1 Å². The minimum atomic E-state index is -1.49. The van der Waals surface area contributed by atoms with E-state index in [2.05, 4.69) is 12.2 Å². The number of nitrogens with one attached hydrogen (secondary N) is 1. The number of unbranched alkanes of at least 4 members (excludes halogenated alkanes) is 1. The van der Waals surface area contributed by atoms with Crippen LogP contribution in [0.2, 0.25) is 0 Å². The molecule has 1 fully saturated rings. The van der Waals surface area contributed by atoms with E-state index >= 15 is 0 Å². The quantitative estimate of drug-likeness (QED) is 0.248. The third-order valence-corrected chi connectivity index (χ3v) is 3.63. The van der Waals surface area contributed by atoms with Gasteiger partial charge in [-0.25, -0.2) is 0 Å². The zero-order valence-electron chi connectivity index (χ0n) is 13.0. The van der Waals surface area contributed by atoms with Crippen molar-refractivity contribution >= 4 is 5.91 Å². The van der Waals surface area contributed by atoms with Crippen LogP contribution in [0.5, 0.6) is 0 Å². The molecular formula is C14H27N2O7.